The minimum Gasteiger partial charge on any atom is -0.309 e. The molecule has 0 amide bonds. The minimum absolute atomic E-state index is 0.0211. The Morgan fingerprint density at radius 3 is 1.98 bits per heavy atom. The largest absolute Gasteiger partial charge is 0.309 e. The summed E-state index contributed by atoms with van der Waals surface area (Å²) in [5.41, 5.74) is 17.1. The predicted octanol–water partition coefficient (Wildman–Crippen LogP) is 14.3. The summed E-state index contributed by atoms with van der Waals surface area (Å²) in [6.45, 7) is 9.26. The van der Waals surface area contributed by atoms with E-state index in [0.29, 0.717) is 0 Å². The highest BCUT2D eigenvalue weighted by Gasteiger charge is 2.35. The fraction of sp³-hybridized carbons (Fsp3) is 0.143. The van der Waals surface area contributed by atoms with Gasteiger partial charge in [0, 0.05) is 32.3 Å². The molecule has 0 bridgehead atoms. The Hall–Kier alpha value is -5.44. The summed E-state index contributed by atoms with van der Waals surface area (Å²) in [6.07, 6.45) is 2.01. The highest BCUT2D eigenvalue weighted by molar-refractivity contribution is 7.26. The maximum absolute atomic E-state index is 2.43. The standard InChI is InChI=1S/C49H41NS/c1-5-32-15-10-11-18-38(32)39-29-30-46-47(37(39)6-2)42-20-14-22-45(48(42)51-46)50(35-16-8-7-9-17-35)36-26-23-33(24-27-36)34-25-28-41-40-19-12-13-21-43(40)49(3,4)44(41)31-34/h7-31H,5-6H2,1-4H3. The molecule has 0 radical (unpaired) electrons. The number of para-hydroxylation sites is 1. The number of hydrogen-bond acceptors (Lipinski definition) is 2. The van der Waals surface area contributed by atoms with Crippen LogP contribution >= 0.6 is 11.3 Å². The van der Waals surface area contributed by atoms with Gasteiger partial charge in [0.2, 0.25) is 0 Å². The summed E-state index contributed by atoms with van der Waals surface area (Å²) in [5, 5.41) is 2.73. The summed E-state index contributed by atoms with van der Waals surface area (Å²) in [7, 11) is 0. The third kappa shape index (κ3) is 5.04. The van der Waals surface area contributed by atoms with Gasteiger partial charge in [0.25, 0.3) is 0 Å². The SMILES string of the molecule is CCc1ccccc1-c1ccc2sc3c(N(c4ccccc4)c4ccc(-c5ccc6c(c5)C(C)(C)c5ccccc5-6)cc4)cccc3c2c1CC. The number of nitrogens with zero attached hydrogens (tertiary/aromatic N) is 1. The number of benzene rings is 7. The highest BCUT2D eigenvalue weighted by atomic mass is 32.1. The Kier molecular flexibility index (Phi) is 7.67. The molecule has 1 heterocycles. The zero-order chi connectivity index (χ0) is 34.7. The number of anilines is 3. The van der Waals surface area contributed by atoms with E-state index in [-0.39, 0.29) is 5.41 Å². The zero-order valence-electron chi connectivity index (χ0n) is 29.7. The highest BCUT2D eigenvalue weighted by Crippen LogP contribution is 2.50. The van der Waals surface area contributed by atoms with E-state index in [4.69, 9.17) is 0 Å². The molecular formula is C49H41NS. The molecule has 9 rings (SSSR count). The van der Waals surface area contributed by atoms with Gasteiger partial charge < -0.3 is 4.90 Å². The van der Waals surface area contributed by atoms with Crippen molar-refractivity contribution in [2.75, 3.05) is 4.90 Å². The summed E-state index contributed by atoms with van der Waals surface area (Å²) in [5.74, 6) is 0. The molecule has 1 nitrogen and oxygen atoms in total. The van der Waals surface area contributed by atoms with Crippen molar-refractivity contribution in [1.82, 2.24) is 0 Å². The first kappa shape index (κ1) is 31.5. The smallest absolute Gasteiger partial charge is 0.0640 e. The third-order valence-electron chi connectivity index (χ3n) is 11.1. The number of hydrogen-bond donors (Lipinski definition) is 0. The van der Waals surface area contributed by atoms with Crippen LogP contribution in [0.5, 0.6) is 0 Å². The lowest BCUT2D eigenvalue weighted by molar-refractivity contribution is 0.660. The fourth-order valence-electron chi connectivity index (χ4n) is 8.52. The van der Waals surface area contributed by atoms with E-state index in [1.54, 1.807) is 0 Å². The molecule has 0 saturated heterocycles. The van der Waals surface area contributed by atoms with Gasteiger partial charge >= 0.3 is 0 Å². The van der Waals surface area contributed by atoms with Crippen LogP contribution in [0.2, 0.25) is 0 Å². The molecular weight excluding hydrogens is 635 g/mol. The average molecular weight is 676 g/mol. The minimum atomic E-state index is -0.0211. The zero-order valence-corrected chi connectivity index (χ0v) is 30.5. The second kappa shape index (κ2) is 12.4. The molecule has 1 aliphatic rings. The maximum atomic E-state index is 2.43. The molecule has 0 spiro atoms. The molecule has 0 saturated carbocycles. The van der Waals surface area contributed by atoms with Gasteiger partial charge in [0.1, 0.15) is 0 Å². The summed E-state index contributed by atoms with van der Waals surface area (Å²) < 4.78 is 2.66. The van der Waals surface area contributed by atoms with Gasteiger partial charge in [-0.2, -0.15) is 0 Å². The van der Waals surface area contributed by atoms with Crippen LogP contribution in [0.25, 0.3) is 53.6 Å². The monoisotopic (exact) mass is 675 g/mol. The Balaban J connectivity index is 1.16. The van der Waals surface area contributed by atoms with Gasteiger partial charge in [0.15, 0.2) is 0 Å². The second-order valence-corrected chi connectivity index (χ2v) is 15.3. The van der Waals surface area contributed by atoms with Crippen molar-refractivity contribution in [2.24, 2.45) is 0 Å². The normalized spacial score (nSPS) is 13.0. The topological polar surface area (TPSA) is 3.24 Å². The van der Waals surface area contributed by atoms with Gasteiger partial charge in [-0.3, -0.25) is 0 Å². The molecule has 7 aromatic carbocycles. The number of fused-ring (bicyclic) bond motifs is 6. The third-order valence-corrected chi connectivity index (χ3v) is 12.3. The first-order valence-corrected chi connectivity index (χ1v) is 19.0. The maximum Gasteiger partial charge on any atom is 0.0640 e. The van der Waals surface area contributed by atoms with Crippen LogP contribution in [0.3, 0.4) is 0 Å². The number of rotatable bonds is 7. The predicted molar refractivity (Wildman–Crippen MR) is 221 cm³/mol. The van der Waals surface area contributed by atoms with Gasteiger partial charge in [-0.1, -0.05) is 137 Å². The van der Waals surface area contributed by atoms with Crippen molar-refractivity contribution in [3.63, 3.8) is 0 Å². The van der Waals surface area contributed by atoms with Gasteiger partial charge in [-0.05, 0) is 111 Å². The number of thiophene rings is 1. The first-order chi connectivity index (χ1) is 25.0. The molecule has 51 heavy (non-hydrogen) atoms. The fourth-order valence-corrected chi connectivity index (χ4v) is 9.76. The average Bonchev–Trinajstić information content (AvgIpc) is 3.68. The van der Waals surface area contributed by atoms with Crippen molar-refractivity contribution in [3.05, 3.63) is 174 Å². The van der Waals surface area contributed by atoms with Crippen molar-refractivity contribution in [1.29, 1.82) is 0 Å². The van der Waals surface area contributed by atoms with Gasteiger partial charge in [-0.15, -0.1) is 11.3 Å². The quantitative estimate of drug-likeness (QED) is 0.162. The Bertz CT molecular complexity index is 2570. The summed E-state index contributed by atoms with van der Waals surface area (Å²) in [6, 6.07) is 56.3. The molecule has 0 atom stereocenters. The van der Waals surface area contributed by atoms with E-state index in [0.717, 1.165) is 24.2 Å². The van der Waals surface area contributed by atoms with E-state index < -0.39 is 0 Å². The number of aryl methyl sites for hydroxylation is 2. The van der Waals surface area contributed by atoms with E-state index >= 15 is 0 Å². The Labute approximate surface area is 305 Å². The lowest BCUT2D eigenvalue weighted by atomic mass is 9.81. The summed E-state index contributed by atoms with van der Waals surface area (Å²) >= 11 is 1.91. The Morgan fingerprint density at radius 2 is 1.20 bits per heavy atom. The van der Waals surface area contributed by atoms with Gasteiger partial charge in [0.05, 0.1) is 10.4 Å². The Morgan fingerprint density at radius 1 is 0.529 bits per heavy atom. The van der Waals surface area contributed by atoms with Crippen LogP contribution in [-0.2, 0) is 18.3 Å². The van der Waals surface area contributed by atoms with Crippen molar-refractivity contribution in [2.45, 2.75) is 46.0 Å². The van der Waals surface area contributed by atoms with E-state index in [9.17, 15) is 0 Å². The molecule has 0 unspecified atom stereocenters. The molecule has 0 aliphatic heterocycles. The molecule has 1 aliphatic carbocycles. The molecule has 0 N–H and O–H groups in total. The van der Waals surface area contributed by atoms with Crippen LogP contribution in [0, 0.1) is 0 Å². The van der Waals surface area contributed by atoms with Crippen LogP contribution in [0.4, 0.5) is 17.1 Å². The molecule has 248 valence electrons. The van der Waals surface area contributed by atoms with Crippen LogP contribution < -0.4 is 4.90 Å². The lowest BCUT2D eigenvalue weighted by Gasteiger charge is -2.26. The molecule has 8 aromatic rings. The second-order valence-electron chi connectivity index (χ2n) is 14.2. The molecule has 0 fully saturated rings. The van der Waals surface area contributed by atoms with Crippen molar-refractivity contribution in [3.8, 4) is 33.4 Å². The summed E-state index contributed by atoms with van der Waals surface area (Å²) in [4.78, 5) is 2.43. The van der Waals surface area contributed by atoms with Crippen molar-refractivity contribution < 1.29 is 0 Å². The molecule has 2 heteroatoms. The molecule has 1 aromatic heterocycles. The van der Waals surface area contributed by atoms with Crippen molar-refractivity contribution >= 4 is 48.6 Å². The van der Waals surface area contributed by atoms with Crippen LogP contribution in [0.15, 0.2) is 152 Å². The van der Waals surface area contributed by atoms with E-state index in [1.165, 1.54) is 81.5 Å². The first-order valence-electron chi connectivity index (χ1n) is 18.2. The van der Waals surface area contributed by atoms with Crippen LogP contribution in [-0.4, -0.2) is 0 Å². The van der Waals surface area contributed by atoms with Gasteiger partial charge in [-0.25, -0.2) is 0 Å². The van der Waals surface area contributed by atoms with Crippen LogP contribution in [0.1, 0.15) is 49.9 Å². The van der Waals surface area contributed by atoms with E-state index in [1.807, 2.05) is 11.3 Å². The lowest BCUT2D eigenvalue weighted by Crippen LogP contribution is -2.14. The van der Waals surface area contributed by atoms with E-state index in [2.05, 4.69) is 184 Å².